The second-order valence-corrected chi connectivity index (χ2v) is 4.94. The van der Waals surface area contributed by atoms with Crippen LogP contribution in [0.25, 0.3) is 0 Å². The first-order valence-electron chi connectivity index (χ1n) is 6.14. The van der Waals surface area contributed by atoms with E-state index in [0.717, 1.165) is 17.3 Å². The lowest BCUT2D eigenvalue weighted by atomic mass is 10.2. The highest BCUT2D eigenvalue weighted by Crippen LogP contribution is 2.20. The van der Waals surface area contributed by atoms with Crippen LogP contribution in [0, 0.1) is 0 Å². The number of hydrogen-bond acceptors (Lipinski definition) is 4. The molecule has 2 rings (SSSR count). The van der Waals surface area contributed by atoms with Gasteiger partial charge in [0, 0.05) is 23.7 Å². The Morgan fingerprint density at radius 1 is 1.39 bits per heavy atom. The van der Waals surface area contributed by atoms with Crippen molar-refractivity contribution in [2.45, 2.75) is 26.4 Å². The average Bonchev–Trinajstić information content (AvgIpc) is 2.92. The highest BCUT2D eigenvalue weighted by atomic mass is 32.1. The zero-order valence-corrected chi connectivity index (χ0v) is 11.5. The number of nitrogens with one attached hydrogen (secondary N) is 1. The Morgan fingerprint density at radius 3 is 2.94 bits per heavy atom. The first-order valence-corrected chi connectivity index (χ1v) is 7.02. The van der Waals surface area contributed by atoms with E-state index < -0.39 is 0 Å². The smallest absolute Gasteiger partial charge is 0.123 e. The van der Waals surface area contributed by atoms with E-state index in [2.05, 4.69) is 23.3 Å². The van der Waals surface area contributed by atoms with Gasteiger partial charge in [-0.3, -0.25) is 0 Å². The van der Waals surface area contributed by atoms with Crippen molar-refractivity contribution in [1.82, 2.24) is 10.3 Å². The van der Waals surface area contributed by atoms with E-state index in [9.17, 15) is 0 Å². The molecule has 0 aliphatic carbocycles. The fourth-order valence-electron chi connectivity index (χ4n) is 1.74. The molecule has 0 bridgehead atoms. The van der Waals surface area contributed by atoms with Gasteiger partial charge in [0.05, 0.1) is 12.6 Å². The van der Waals surface area contributed by atoms with Gasteiger partial charge in [0.25, 0.3) is 0 Å². The number of nitrogens with zero attached hydrogens (tertiary/aromatic N) is 1. The first-order chi connectivity index (χ1) is 8.81. The monoisotopic (exact) mass is 262 g/mol. The second kappa shape index (κ2) is 6.52. The van der Waals surface area contributed by atoms with Gasteiger partial charge in [-0.1, -0.05) is 18.2 Å². The van der Waals surface area contributed by atoms with Gasteiger partial charge in [-0.25, -0.2) is 4.98 Å². The van der Waals surface area contributed by atoms with Crippen LogP contribution in [0.5, 0.6) is 5.75 Å². The van der Waals surface area contributed by atoms with E-state index in [-0.39, 0.29) is 6.04 Å². The van der Waals surface area contributed by atoms with E-state index in [1.54, 1.807) is 11.3 Å². The normalized spacial score (nSPS) is 12.3. The molecule has 1 heterocycles. The lowest BCUT2D eigenvalue weighted by Gasteiger charge is -2.14. The van der Waals surface area contributed by atoms with Gasteiger partial charge in [-0.2, -0.15) is 0 Å². The van der Waals surface area contributed by atoms with Crippen LogP contribution >= 0.6 is 11.3 Å². The summed E-state index contributed by atoms with van der Waals surface area (Å²) in [6.45, 7) is 5.61. The minimum atomic E-state index is 0.264. The third-order valence-electron chi connectivity index (χ3n) is 2.69. The summed E-state index contributed by atoms with van der Waals surface area (Å²) in [6.07, 6.45) is 1.84. The van der Waals surface area contributed by atoms with E-state index in [4.69, 9.17) is 4.74 Å². The number of thiazole rings is 1. The van der Waals surface area contributed by atoms with Crippen LogP contribution < -0.4 is 10.1 Å². The molecule has 0 spiro atoms. The van der Waals surface area contributed by atoms with Crippen molar-refractivity contribution < 1.29 is 4.74 Å². The van der Waals surface area contributed by atoms with Gasteiger partial charge < -0.3 is 10.1 Å². The minimum Gasteiger partial charge on any atom is -0.494 e. The summed E-state index contributed by atoms with van der Waals surface area (Å²) in [6, 6.07) is 8.40. The van der Waals surface area contributed by atoms with Crippen LogP contribution in [0.2, 0.25) is 0 Å². The standard InChI is InChI=1S/C14H18N2OS/c1-3-17-13-7-5-4-6-12(13)10-16-11(2)14-15-8-9-18-14/h4-9,11,16H,3,10H2,1-2H3. The Bertz CT molecular complexity index is 470. The summed E-state index contributed by atoms with van der Waals surface area (Å²) in [5, 5.41) is 6.58. The Morgan fingerprint density at radius 2 is 2.22 bits per heavy atom. The van der Waals surface area contributed by atoms with Crippen LogP contribution in [0.4, 0.5) is 0 Å². The molecule has 96 valence electrons. The van der Waals surface area contributed by atoms with Gasteiger partial charge >= 0.3 is 0 Å². The molecule has 18 heavy (non-hydrogen) atoms. The Labute approximate surface area is 112 Å². The Hall–Kier alpha value is -1.39. The predicted molar refractivity (Wildman–Crippen MR) is 75.0 cm³/mol. The molecule has 0 amide bonds. The highest BCUT2D eigenvalue weighted by Gasteiger charge is 2.08. The first kappa shape index (κ1) is 13.1. The molecule has 4 heteroatoms. The molecule has 0 saturated carbocycles. The molecule has 0 saturated heterocycles. The maximum absolute atomic E-state index is 5.61. The summed E-state index contributed by atoms with van der Waals surface area (Å²) < 4.78 is 5.61. The summed E-state index contributed by atoms with van der Waals surface area (Å²) in [5.74, 6) is 0.957. The van der Waals surface area contributed by atoms with Gasteiger partial charge in [-0.15, -0.1) is 11.3 Å². The van der Waals surface area contributed by atoms with Crippen molar-refractivity contribution in [2.75, 3.05) is 6.61 Å². The molecule has 0 aliphatic rings. The second-order valence-electron chi connectivity index (χ2n) is 4.01. The molecule has 2 aromatic rings. The molecule has 0 radical (unpaired) electrons. The van der Waals surface area contributed by atoms with Gasteiger partial charge in [0.2, 0.25) is 0 Å². The van der Waals surface area contributed by atoms with Crippen molar-refractivity contribution in [2.24, 2.45) is 0 Å². The molecule has 1 atom stereocenters. The quantitative estimate of drug-likeness (QED) is 0.866. The third-order valence-corrected chi connectivity index (χ3v) is 3.65. The zero-order valence-electron chi connectivity index (χ0n) is 10.7. The number of ether oxygens (including phenoxy) is 1. The van der Waals surface area contributed by atoms with Crippen molar-refractivity contribution in [3.05, 3.63) is 46.4 Å². The topological polar surface area (TPSA) is 34.1 Å². The molecule has 1 aromatic heterocycles. The fourth-order valence-corrected chi connectivity index (χ4v) is 2.42. The lowest BCUT2D eigenvalue weighted by molar-refractivity contribution is 0.335. The zero-order chi connectivity index (χ0) is 12.8. The lowest BCUT2D eigenvalue weighted by Crippen LogP contribution is -2.18. The summed E-state index contributed by atoms with van der Waals surface area (Å²) in [5.41, 5.74) is 1.18. The van der Waals surface area contributed by atoms with Crippen LogP contribution in [0.3, 0.4) is 0 Å². The van der Waals surface area contributed by atoms with E-state index in [1.807, 2.05) is 36.7 Å². The third kappa shape index (κ3) is 3.31. The van der Waals surface area contributed by atoms with Crippen molar-refractivity contribution in [3.8, 4) is 5.75 Å². The number of benzene rings is 1. The minimum absolute atomic E-state index is 0.264. The summed E-state index contributed by atoms with van der Waals surface area (Å²) in [7, 11) is 0. The van der Waals surface area contributed by atoms with Crippen molar-refractivity contribution >= 4 is 11.3 Å². The van der Waals surface area contributed by atoms with Crippen LogP contribution in [-0.2, 0) is 6.54 Å². The summed E-state index contributed by atoms with van der Waals surface area (Å²) in [4.78, 5) is 4.31. The summed E-state index contributed by atoms with van der Waals surface area (Å²) >= 11 is 1.68. The predicted octanol–water partition coefficient (Wildman–Crippen LogP) is 3.39. The maximum atomic E-state index is 5.61. The van der Waals surface area contributed by atoms with Crippen LogP contribution in [-0.4, -0.2) is 11.6 Å². The van der Waals surface area contributed by atoms with E-state index >= 15 is 0 Å². The highest BCUT2D eigenvalue weighted by molar-refractivity contribution is 7.09. The SMILES string of the molecule is CCOc1ccccc1CNC(C)c1nccs1. The fraction of sp³-hybridized carbons (Fsp3) is 0.357. The maximum Gasteiger partial charge on any atom is 0.123 e. The van der Waals surface area contributed by atoms with Crippen LogP contribution in [0.15, 0.2) is 35.8 Å². The molecule has 0 aliphatic heterocycles. The molecule has 3 nitrogen and oxygen atoms in total. The number of aromatic nitrogens is 1. The number of rotatable bonds is 6. The average molecular weight is 262 g/mol. The Kier molecular flexibility index (Phi) is 4.73. The van der Waals surface area contributed by atoms with Crippen molar-refractivity contribution in [1.29, 1.82) is 0 Å². The van der Waals surface area contributed by atoms with Gasteiger partial charge in [0.1, 0.15) is 10.8 Å². The molecular weight excluding hydrogens is 244 g/mol. The molecule has 1 aromatic carbocycles. The largest absolute Gasteiger partial charge is 0.494 e. The van der Waals surface area contributed by atoms with Gasteiger partial charge in [0.15, 0.2) is 0 Å². The molecule has 1 unspecified atom stereocenters. The Balaban J connectivity index is 1.97. The molecular formula is C14H18N2OS. The molecule has 0 fully saturated rings. The van der Waals surface area contributed by atoms with Gasteiger partial charge in [-0.05, 0) is 19.9 Å². The van der Waals surface area contributed by atoms with E-state index in [0.29, 0.717) is 6.61 Å². The van der Waals surface area contributed by atoms with Crippen LogP contribution in [0.1, 0.15) is 30.5 Å². The van der Waals surface area contributed by atoms with Crippen molar-refractivity contribution in [3.63, 3.8) is 0 Å². The number of para-hydroxylation sites is 1. The molecule has 1 N–H and O–H groups in total. The number of hydrogen-bond donors (Lipinski definition) is 1. The van der Waals surface area contributed by atoms with E-state index in [1.165, 1.54) is 5.56 Å².